The number of hydrogen-bond donors (Lipinski definition) is 0. The lowest BCUT2D eigenvalue weighted by atomic mass is 10.3. The first-order valence-corrected chi connectivity index (χ1v) is 14.7. The Kier molecular flexibility index (Phi) is 14.6. The van der Waals surface area contributed by atoms with Crippen LogP contribution in [0.3, 0.4) is 0 Å². The molecule has 0 rings (SSSR count). The highest BCUT2D eigenvalue weighted by atomic mass is 28.3. The summed E-state index contributed by atoms with van der Waals surface area (Å²) in [6.45, 7) is 22.9. The lowest BCUT2D eigenvalue weighted by Crippen LogP contribution is -2.62. The summed E-state index contributed by atoms with van der Waals surface area (Å²) in [5.41, 5.74) is 0. The Bertz CT molecular complexity index is 273. The van der Waals surface area contributed by atoms with Gasteiger partial charge in [-0.05, 0) is 39.3 Å². The Hall–Kier alpha value is 0.669. The first kappa shape index (κ1) is 25.9. The van der Waals surface area contributed by atoms with Crippen molar-refractivity contribution in [2.75, 3.05) is 26.7 Å². The quantitative estimate of drug-likeness (QED) is 0.407. The molecule has 0 heterocycles. The maximum atomic E-state index is 2.80. The Morgan fingerprint density at radius 3 is 1.61 bits per heavy atom. The van der Waals surface area contributed by atoms with Gasteiger partial charge in [0.05, 0.1) is 0 Å². The van der Waals surface area contributed by atoms with Gasteiger partial charge in [0.2, 0.25) is 8.40 Å². The Morgan fingerprint density at radius 1 is 0.870 bits per heavy atom. The van der Waals surface area contributed by atoms with E-state index in [2.05, 4.69) is 71.2 Å². The predicted octanol–water partition coefficient (Wildman–Crippen LogP) is 5.79. The Morgan fingerprint density at radius 2 is 1.30 bits per heavy atom. The second-order valence-corrected chi connectivity index (χ2v) is 15.6. The van der Waals surface area contributed by atoms with Crippen LogP contribution in [0.2, 0.25) is 28.4 Å². The molecule has 0 aromatic heterocycles. The van der Waals surface area contributed by atoms with E-state index in [1.165, 1.54) is 36.2 Å². The van der Waals surface area contributed by atoms with Crippen molar-refractivity contribution >= 4 is 22.5 Å². The molecule has 0 radical (unpaired) electrons. The largest absolute Gasteiger partial charge is 0.315 e. The standard InChI is InChI=1S/C10H25N2Si.2C4H9.CH4.Al/c1-7-11(5)13(6,10-4)12(8-2)9-3;2*1-4(2)3;;/h4,7-10H2,1-3,5-6H3;2*4H,1H2,2-3H3;1H4;. The van der Waals surface area contributed by atoms with Crippen LogP contribution < -0.4 is 0 Å². The fourth-order valence-electron chi connectivity index (χ4n) is 3.98. The highest BCUT2D eigenvalue weighted by Gasteiger charge is 2.38. The minimum Gasteiger partial charge on any atom is -0.315 e. The molecule has 1 atom stereocenters. The third-order valence-corrected chi connectivity index (χ3v) is 15.5. The fraction of sp³-hybridized carbons (Fsp3) is 1.00. The molecule has 0 bridgehead atoms. The van der Waals surface area contributed by atoms with Crippen molar-refractivity contribution in [3.8, 4) is 0 Å². The molecule has 0 aromatic rings. The zero-order valence-electron chi connectivity index (χ0n) is 17.1. The minimum absolute atomic E-state index is 0. The van der Waals surface area contributed by atoms with Crippen LogP contribution in [0.25, 0.3) is 0 Å². The molecule has 0 fully saturated rings. The predicted molar refractivity (Wildman–Crippen MR) is 114 cm³/mol. The summed E-state index contributed by atoms with van der Waals surface area (Å²) in [5, 5.41) is 4.63. The van der Waals surface area contributed by atoms with Crippen LogP contribution >= 0.6 is 0 Å². The van der Waals surface area contributed by atoms with Crippen LogP contribution in [0.15, 0.2) is 0 Å². The first-order chi connectivity index (χ1) is 10.2. The lowest BCUT2D eigenvalue weighted by molar-refractivity contribution is 0.380. The van der Waals surface area contributed by atoms with E-state index in [1.54, 1.807) is 5.28 Å². The molecule has 0 aliphatic heterocycles. The second-order valence-electron chi connectivity index (χ2n) is 8.07. The molecular weight excluding hydrogens is 311 g/mol. The molecule has 140 valence electrons. The monoisotopic (exact) mass is 358 g/mol. The van der Waals surface area contributed by atoms with Gasteiger partial charge in [-0.25, -0.2) is 0 Å². The van der Waals surface area contributed by atoms with E-state index >= 15 is 0 Å². The number of hydrogen-bond acceptors (Lipinski definition) is 2. The van der Waals surface area contributed by atoms with E-state index in [-0.39, 0.29) is 7.43 Å². The summed E-state index contributed by atoms with van der Waals surface area (Å²) >= 11 is -0.584. The van der Waals surface area contributed by atoms with Gasteiger partial charge in [-0.1, -0.05) is 83.6 Å². The van der Waals surface area contributed by atoms with Crippen molar-refractivity contribution in [2.24, 2.45) is 11.8 Å². The summed E-state index contributed by atoms with van der Waals surface area (Å²) in [6.07, 6.45) is 0. The van der Waals surface area contributed by atoms with Crippen LogP contribution in [0.1, 0.15) is 55.9 Å². The topological polar surface area (TPSA) is 6.48 Å². The van der Waals surface area contributed by atoms with Crippen molar-refractivity contribution in [2.45, 2.75) is 84.3 Å². The van der Waals surface area contributed by atoms with Crippen molar-refractivity contribution in [3.63, 3.8) is 0 Å². The fourth-order valence-corrected chi connectivity index (χ4v) is 14.4. The molecule has 0 N–H and O–H groups in total. The van der Waals surface area contributed by atoms with Crippen molar-refractivity contribution in [3.05, 3.63) is 0 Å². The van der Waals surface area contributed by atoms with Crippen LogP contribution in [-0.4, -0.2) is 58.4 Å². The highest BCUT2D eigenvalue weighted by Crippen LogP contribution is 2.26. The molecular formula is C19H47AlN2Si. The second kappa shape index (κ2) is 13.0. The Labute approximate surface area is 154 Å². The molecule has 0 aliphatic rings. The summed E-state index contributed by atoms with van der Waals surface area (Å²) < 4.78 is 5.50. The minimum atomic E-state index is -1.45. The zero-order valence-corrected chi connectivity index (χ0v) is 19.2. The summed E-state index contributed by atoms with van der Waals surface area (Å²) in [6, 6.07) is 1.48. The SMILES string of the molecule is C.CCN(C)[Si](C)(C[CH2][Al]([CH2]C(C)C)[CH2]C(C)C)N(CC)CC. The van der Waals surface area contributed by atoms with E-state index in [4.69, 9.17) is 0 Å². The molecule has 0 amide bonds. The van der Waals surface area contributed by atoms with Gasteiger partial charge in [0, 0.05) is 0 Å². The van der Waals surface area contributed by atoms with E-state index in [9.17, 15) is 0 Å². The van der Waals surface area contributed by atoms with Crippen molar-refractivity contribution < 1.29 is 0 Å². The molecule has 0 aromatic carbocycles. The summed E-state index contributed by atoms with van der Waals surface area (Å²) in [4.78, 5) is 0. The maximum Gasteiger partial charge on any atom is 0.262 e. The van der Waals surface area contributed by atoms with Gasteiger partial charge in [-0.15, -0.1) is 0 Å². The van der Waals surface area contributed by atoms with Gasteiger partial charge in [-0.2, -0.15) is 0 Å². The van der Waals surface area contributed by atoms with Crippen molar-refractivity contribution in [1.29, 1.82) is 0 Å². The van der Waals surface area contributed by atoms with E-state index < -0.39 is 22.5 Å². The van der Waals surface area contributed by atoms with Crippen LogP contribution in [0, 0.1) is 11.8 Å². The molecule has 0 spiro atoms. The highest BCUT2D eigenvalue weighted by molar-refractivity contribution is 6.75. The Balaban J connectivity index is 0. The van der Waals surface area contributed by atoms with Gasteiger partial charge >= 0.3 is 0 Å². The van der Waals surface area contributed by atoms with E-state index in [0.29, 0.717) is 0 Å². The number of nitrogens with zero attached hydrogens (tertiary/aromatic N) is 2. The zero-order chi connectivity index (χ0) is 17.3. The smallest absolute Gasteiger partial charge is 0.262 e. The normalized spacial score (nSPS) is 14.5. The van der Waals surface area contributed by atoms with Gasteiger partial charge in [-0.3, -0.25) is 0 Å². The first-order valence-electron chi connectivity index (χ1n) is 9.67. The third-order valence-electron chi connectivity index (χ3n) is 5.38. The van der Waals surface area contributed by atoms with E-state index in [1.807, 2.05) is 0 Å². The summed E-state index contributed by atoms with van der Waals surface area (Å²) in [7, 11) is 0.921. The molecule has 0 saturated carbocycles. The van der Waals surface area contributed by atoms with Crippen LogP contribution in [0.4, 0.5) is 0 Å². The van der Waals surface area contributed by atoms with Crippen molar-refractivity contribution in [1.82, 2.24) is 9.13 Å². The van der Waals surface area contributed by atoms with Gasteiger partial charge in [0.15, 0.2) is 0 Å². The van der Waals surface area contributed by atoms with Gasteiger partial charge < -0.3 is 9.13 Å². The molecule has 2 nitrogen and oxygen atoms in total. The third kappa shape index (κ3) is 9.07. The average molecular weight is 359 g/mol. The van der Waals surface area contributed by atoms with Gasteiger partial charge in [0.25, 0.3) is 14.1 Å². The summed E-state index contributed by atoms with van der Waals surface area (Å²) in [5.74, 6) is 1.78. The van der Waals surface area contributed by atoms with Gasteiger partial charge in [0.1, 0.15) is 0 Å². The molecule has 23 heavy (non-hydrogen) atoms. The average Bonchev–Trinajstić information content (AvgIpc) is 2.43. The lowest BCUT2D eigenvalue weighted by Gasteiger charge is -2.45. The van der Waals surface area contributed by atoms with Crippen LogP contribution in [-0.2, 0) is 0 Å². The maximum absolute atomic E-state index is 2.80. The number of rotatable bonds is 12. The van der Waals surface area contributed by atoms with Crippen LogP contribution in [0.5, 0.6) is 0 Å². The molecule has 0 aliphatic carbocycles. The molecule has 0 saturated heterocycles. The van der Waals surface area contributed by atoms with E-state index in [0.717, 1.165) is 11.8 Å². The molecule has 4 heteroatoms. The molecule has 1 unspecified atom stereocenters.